The zero-order valence-electron chi connectivity index (χ0n) is 18.1. The van der Waals surface area contributed by atoms with Crippen molar-refractivity contribution in [3.63, 3.8) is 0 Å². The molecule has 2 aromatic rings. The fourth-order valence-electron chi connectivity index (χ4n) is 5.00. The van der Waals surface area contributed by atoms with E-state index < -0.39 is 11.7 Å². The van der Waals surface area contributed by atoms with Crippen LogP contribution in [0.15, 0.2) is 36.5 Å². The van der Waals surface area contributed by atoms with Crippen molar-refractivity contribution in [3.8, 4) is 0 Å². The number of alkyl halides is 3. The number of carbonyl (C=O) groups excluding carboxylic acids is 2. The lowest BCUT2D eigenvalue weighted by atomic mass is 10.1. The van der Waals surface area contributed by atoms with Crippen molar-refractivity contribution in [1.29, 1.82) is 0 Å². The van der Waals surface area contributed by atoms with E-state index >= 15 is 0 Å². The number of aryl methyl sites for hydroxylation is 2. The molecule has 6 nitrogen and oxygen atoms in total. The van der Waals surface area contributed by atoms with E-state index in [0.717, 1.165) is 37.2 Å². The highest BCUT2D eigenvalue weighted by atomic mass is 19.4. The van der Waals surface area contributed by atoms with E-state index in [2.05, 4.69) is 17.1 Å². The van der Waals surface area contributed by atoms with Crippen LogP contribution in [0, 0.1) is 5.92 Å². The minimum atomic E-state index is -4.41. The Morgan fingerprint density at radius 2 is 1.76 bits per heavy atom. The average molecular weight is 458 g/mol. The van der Waals surface area contributed by atoms with Crippen molar-refractivity contribution in [2.45, 2.75) is 31.9 Å². The number of anilines is 2. The Morgan fingerprint density at radius 3 is 2.45 bits per heavy atom. The number of fused-ring (bicyclic) bond motifs is 1. The van der Waals surface area contributed by atoms with Crippen LogP contribution in [-0.4, -0.2) is 54.4 Å². The van der Waals surface area contributed by atoms with Crippen LogP contribution >= 0.6 is 0 Å². The molecule has 1 atom stereocenters. The van der Waals surface area contributed by atoms with Crippen LogP contribution in [0.2, 0.25) is 0 Å². The standard InChI is InChI=1S/C24H25F3N4O2/c25-24(26,27)19-5-7-21(28-14-19)29-8-10-30(11-9-29)23(33)18-13-22(32)31(15-18)20-6-4-16-2-1-3-17(16)12-20/h4-7,12,14,18H,1-3,8-11,13,15H2. The number of amides is 2. The van der Waals surface area contributed by atoms with Gasteiger partial charge in [0.05, 0.1) is 11.5 Å². The van der Waals surface area contributed by atoms with Crippen LogP contribution < -0.4 is 9.80 Å². The Hall–Kier alpha value is -3.10. The van der Waals surface area contributed by atoms with Crippen molar-refractivity contribution in [1.82, 2.24) is 9.88 Å². The lowest BCUT2D eigenvalue weighted by Crippen LogP contribution is -2.51. The molecule has 0 spiro atoms. The highest BCUT2D eigenvalue weighted by molar-refractivity contribution is 6.00. The number of rotatable bonds is 3. The second-order valence-corrected chi connectivity index (χ2v) is 8.93. The van der Waals surface area contributed by atoms with Gasteiger partial charge in [0.25, 0.3) is 0 Å². The molecule has 5 rings (SSSR count). The van der Waals surface area contributed by atoms with Gasteiger partial charge in [-0.1, -0.05) is 6.07 Å². The molecule has 2 saturated heterocycles. The Kier molecular flexibility index (Phi) is 5.50. The molecular formula is C24H25F3N4O2. The number of hydrogen-bond acceptors (Lipinski definition) is 4. The molecule has 3 heterocycles. The Morgan fingerprint density at radius 1 is 1.00 bits per heavy atom. The lowest BCUT2D eigenvalue weighted by Gasteiger charge is -2.36. The number of benzene rings is 1. The van der Waals surface area contributed by atoms with Gasteiger partial charge < -0.3 is 14.7 Å². The highest BCUT2D eigenvalue weighted by Crippen LogP contribution is 2.32. The second kappa shape index (κ2) is 8.35. The first-order valence-electron chi connectivity index (χ1n) is 11.3. The third-order valence-corrected chi connectivity index (χ3v) is 6.86. The molecule has 9 heteroatoms. The smallest absolute Gasteiger partial charge is 0.353 e. The van der Waals surface area contributed by atoms with Gasteiger partial charge in [-0.3, -0.25) is 9.59 Å². The second-order valence-electron chi connectivity index (χ2n) is 8.93. The van der Waals surface area contributed by atoms with Gasteiger partial charge in [0.1, 0.15) is 5.82 Å². The SMILES string of the molecule is O=C(C1CC(=O)N(c2ccc3c(c2)CCC3)C1)N1CCN(c2ccc(C(F)(F)F)cn2)CC1. The van der Waals surface area contributed by atoms with Crippen LogP contribution in [-0.2, 0) is 28.6 Å². The first kappa shape index (κ1) is 21.7. The summed E-state index contributed by atoms with van der Waals surface area (Å²) in [4.78, 5) is 35.1. The van der Waals surface area contributed by atoms with E-state index in [1.807, 2.05) is 11.0 Å². The topological polar surface area (TPSA) is 56.8 Å². The number of piperazine rings is 1. The molecule has 1 aliphatic carbocycles. The summed E-state index contributed by atoms with van der Waals surface area (Å²) in [7, 11) is 0. The molecule has 2 aliphatic heterocycles. The molecule has 33 heavy (non-hydrogen) atoms. The summed E-state index contributed by atoms with van der Waals surface area (Å²) in [6.07, 6.45) is -0.115. The molecule has 0 radical (unpaired) electrons. The normalized spacial score (nSPS) is 21.0. The molecule has 0 N–H and O–H groups in total. The van der Waals surface area contributed by atoms with E-state index in [4.69, 9.17) is 0 Å². The van der Waals surface area contributed by atoms with E-state index in [9.17, 15) is 22.8 Å². The van der Waals surface area contributed by atoms with Crippen LogP contribution in [0.1, 0.15) is 29.5 Å². The largest absolute Gasteiger partial charge is 0.417 e. The molecule has 2 amide bonds. The summed E-state index contributed by atoms with van der Waals surface area (Å²) in [6, 6.07) is 8.55. The summed E-state index contributed by atoms with van der Waals surface area (Å²) in [5.74, 6) is 0.0290. The summed E-state index contributed by atoms with van der Waals surface area (Å²) < 4.78 is 38.2. The lowest BCUT2D eigenvalue weighted by molar-refractivity contribution is -0.138. The number of nitrogens with zero attached hydrogens (tertiary/aromatic N) is 4. The van der Waals surface area contributed by atoms with Crippen molar-refractivity contribution < 1.29 is 22.8 Å². The maximum Gasteiger partial charge on any atom is 0.417 e. The first-order chi connectivity index (χ1) is 15.8. The molecule has 174 valence electrons. The van der Waals surface area contributed by atoms with Gasteiger partial charge in [-0.15, -0.1) is 0 Å². The third-order valence-electron chi connectivity index (χ3n) is 6.86. The number of pyridine rings is 1. The van der Waals surface area contributed by atoms with Gasteiger partial charge in [0.15, 0.2) is 0 Å². The molecule has 1 aromatic heterocycles. The predicted molar refractivity (Wildman–Crippen MR) is 117 cm³/mol. The molecule has 1 aromatic carbocycles. The number of hydrogen-bond donors (Lipinski definition) is 0. The quantitative estimate of drug-likeness (QED) is 0.709. The first-order valence-corrected chi connectivity index (χ1v) is 11.3. The van der Waals surface area contributed by atoms with Crippen LogP contribution in [0.5, 0.6) is 0 Å². The zero-order valence-corrected chi connectivity index (χ0v) is 18.1. The Labute approximate surface area is 190 Å². The van der Waals surface area contributed by atoms with E-state index in [-0.39, 0.29) is 24.2 Å². The Balaban J connectivity index is 1.19. The van der Waals surface area contributed by atoms with E-state index in [0.29, 0.717) is 38.5 Å². The van der Waals surface area contributed by atoms with Crippen LogP contribution in [0.3, 0.4) is 0 Å². The molecule has 1 unspecified atom stereocenters. The number of aromatic nitrogens is 1. The summed E-state index contributed by atoms with van der Waals surface area (Å²) in [5, 5.41) is 0. The minimum Gasteiger partial charge on any atom is -0.353 e. The van der Waals surface area contributed by atoms with Gasteiger partial charge in [0.2, 0.25) is 11.8 Å². The zero-order chi connectivity index (χ0) is 23.2. The van der Waals surface area contributed by atoms with Crippen molar-refractivity contribution >= 4 is 23.3 Å². The van der Waals surface area contributed by atoms with Crippen LogP contribution in [0.25, 0.3) is 0 Å². The third kappa shape index (κ3) is 4.28. The predicted octanol–water partition coefficient (Wildman–Crippen LogP) is 3.29. The van der Waals surface area contributed by atoms with Gasteiger partial charge >= 0.3 is 6.18 Å². The van der Waals surface area contributed by atoms with Gasteiger partial charge in [-0.25, -0.2) is 4.98 Å². The number of halogens is 3. The average Bonchev–Trinajstić information content (AvgIpc) is 3.44. The minimum absolute atomic E-state index is 0.0288. The van der Waals surface area contributed by atoms with Crippen molar-refractivity contribution in [2.75, 3.05) is 42.5 Å². The van der Waals surface area contributed by atoms with Gasteiger partial charge in [-0.05, 0) is 54.7 Å². The van der Waals surface area contributed by atoms with Crippen molar-refractivity contribution in [2.24, 2.45) is 5.92 Å². The number of carbonyl (C=O) groups is 2. The molecular weight excluding hydrogens is 433 g/mol. The van der Waals surface area contributed by atoms with E-state index in [1.165, 1.54) is 17.2 Å². The maximum atomic E-state index is 13.1. The van der Waals surface area contributed by atoms with Gasteiger partial charge in [0, 0.05) is 51.0 Å². The maximum absolute atomic E-state index is 13.1. The fraction of sp³-hybridized carbons (Fsp3) is 0.458. The summed E-state index contributed by atoms with van der Waals surface area (Å²) in [6.45, 7) is 2.26. The molecule has 3 aliphatic rings. The summed E-state index contributed by atoms with van der Waals surface area (Å²) >= 11 is 0. The molecule has 0 bridgehead atoms. The van der Waals surface area contributed by atoms with Gasteiger partial charge in [-0.2, -0.15) is 13.2 Å². The summed E-state index contributed by atoms with van der Waals surface area (Å²) in [5.41, 5.74) is 2.73. The molecule has 0 saturated carbocycles. The Bertz CT molecular complexity index is 1060. The highest BCUT2D eigenvalue weighted by Gasteiger charge is 2.38. The fourth-order valence-corrected chi connectivity index (χ4v) is 5.00. The molecule has 2 fully saturated rings. The van der Waals surface area contributed by atoms with E-state index in [1.54, 1.807) is 9.80 Å². The monoisotopic (exact) mass is 458 g/mol. The van der Waals surface area contributed by atoms with Crippen molar-refractivity contribution in [3.05, 3.63) is 53.2 Å². The van der Waals surface area contributed by atoms with Crippen LogP contribution in [0.4, 0.5) is 24.7 Å².